The first-order valence-corrected chi connectivity index (χ1v) is 10.5. The number of H-pyrrole nitrogens is 1. The molecular weight excluding hydrogens is 444 g/mol. The van der Waals surface area contributed by atoms with Crippen molar-refractivity contribution in [2.45, 2.75) is 37.1 Å². The number of nitrogens with zero attached hydrogens (tertiary/aromatic N) is 6. The van der Waals surface area contributed by atoms with Crippen LogP contribution < -0.4 is 0 Å². The van der Waals surface area contributed by atoms with Crippen molar-refractivity contribution in [3.8, 4) is 0 Å². The van der Waals surface area contributed by atoms with Gasteiger partial charge in [0.2, 0.25) is 11.8 Å². The Morgan fingerprint density at radius 2 is 2.16 bits per heavy atom. The Labute approximate surface area is 184 Å². The molecule has 1 amide bonds. The van der Waals surface area contributed by atoms with Gasteiger partial charge in [0.05, 0.1) is 28.3 Å². The Bertz CT molecular complexity index is 1340. The Morgan fingerprint density at radius 1 is 1.31 bits per heavy atom. The summed E-state index contributed by atoms with van der Waals surface area (Å²) in [7, 11) is 0. The molecule has 1 saturated carbocycles. The van der Waals surface area contributed by atoms with E-state index in [4.69, 9.17) is 16.0 Å². The van der Waals surface area contributed by atoms with Crippen LogP contribution in [0.5, 0.6) is 0 Å². The van der Waals surface area contributed by atoms with Gasteiger partial charge < -0.3 is 14.3 Å². The van der Waals surface area contributed by atoms with Crippen LogP contribution in [0.2, 0.25) is 5.02 Å². The lowest BCUT2D eigenvalue weighted by Gasteiger charge is -2.33. The van der Waals surface area contributed by atoms with Crippen LogP contribution in [0.4, 0.5) is 8.78 Å². The number of aromatic nitrogens is 6. The van der Waals surface area contributed by atoms with Gasteiger partial charge in [0.1, 0.15) is 6.04 Å². The summed E-state index contributed by atoms with van der Waals surface area (Å²) in [6.07, 6.45) is 3.20. The van der Waals surface area contributed by atoms with Gasteiger partial charge in [0.25, 0.3) is 0 Å². The zero-order valence-corrected chi connectivity index (χ0v) is 17.3. The molecule has 6 rings (SSSR count). The van der Waals surface area contributed by atoms with E-state index in [1.807, 2.05) is 6.07 Å². The van der Waals surface area contributed by atoms with Crippen molar-refractivity contribution in [1.82, 2.24) is 34.7 Å². The van der Waals surface area contributed by atoms with Crippen molar-refractivity contribution >= 4 is 23.0 Å². The molecule has 9 nitrogen and oxygen atoms in total. The molecule has 1 aliphatic heterocycles. The van der Waals surface area contributed by atoms with Crippen LogP contribution in [0.1, 0.15) is 58.5 Å². The molecule has 164 valence electrons. The van der Waals surface area contributed by atoms with E-state index in [0.717, 1.165) is 5.69 Å². The molecule has 0 aromatic carbocycles. The predicted octanol–water partition coefficient (Wildman–Crippen LogP) is 3.39. The average Bonchev–Trinajstić information content (AvgIpc) is 3.49. The molecule has 1 N–H and O–H groups in total. The predicted molar refractivity (Wildman–Crippen MR) is 107 cm³/mol. The van der Waals surface area contributed by atoms with Gasteiger partial charge in [0.15, 0.2) is 0 Å². The van der Waals surface area contributed by atoms with Crippen molar-refractivity contribution in [3.63, 3.8) is 0 Å². The van der Waals surface area contributed by atoms with Crippen LogP contribution in [0, 0.1) is 0 Å². The Hall–Kier alpha value is -3.34. The summed E-state index contributed by atoms with van der Waals surface area (Å²) in [4.78, 5) is 22.4. The molecule has 2 aliphatic rings. The van der Waals surface area contributed by atoms with Gasteiger partial charge in [-0.25, -0.2) is 18.3 Å². The number of aromatic amines is 1. The fourth-order valence-corrected chi connectivity index (χ4v) is 4.59. The van der Waals surface area contributed by atoms with Crippen molar-refractivity contribution in [1.29, 1.82) is 0 Å². The molecule has 32 heavy (non-hydrogen) atoms. The summed E-state index contributed by atoms with van der Waals surface area (Å²) >= 11 is 6.31. The van der Waals surface area contributed by atoms with Gasteiger partial charge in [-0.1, -0.05) is 11.6 Å². The van der Waals surface area contributed by atoms with E-state index < -0.39 is 23.8 Å². The number of pyridine rings is 1. The highest BCUT2D eigenvalue weighted by Gasteiger charge is 2.49. The molecule has 0 unspecified atom stereocenters. The number of amides is 1. The van der Waals surface area contributed by atoms with Crippen molar-refractivity contribution in [3.05, 3.63) is 64.6 Å². The Kier molecular flexibility index (Phi) is 4.13. The van der Waals surface area contributed by atoms with Gasteiger partial charge in [-0.15, -0.1) is 10.2 Å². The molecule has 5 heterocycles. The smallest absolute Gasteiger partial charge is 0.312 e. The van der Waals surface area contributed by atoms with Gasteiger partial charge in [-0.05, 0) is 18.2 Å². The van der Waals surface area contributed by atoms with Crippen LogP contribution in [0.15, 0.2) is 35.1 Å². The number of rotatable bonds is 3. The van der Waals surface area contributed by atoms with E-state index in [1.54, 1.807) is 34.1 Å². The molecule has 0 saturated heterocycles. The lowest BCUT2D eigenvalue weighted by Crippen LogP contribution is -2.41. The lowest BCUT2D eigenvalue weighted by molar-refractivity contribution is -0.0919. The number of alkyl halides is 2. The second kappa shape index (κ2) is 6.83. The standard InChI is InChI=1S/C20H16ClF2N7O2/c21-11-2-1-4-30-14(11)6-13(28-30)16-15-12(24-9-25-15)3-5-29(16)19(31)18-27-26-17(32-18)10-7-20(22,23)8-10/h1-2,4,6,9-10,16H,3,5,7-8H2,(H,24,25)/t16-/m1/s1. The highest BCUT2D eigenvalue weighted by Crippen LogP contribution is 2.47. The molecule has 0 spiro atoms. The fraction of sp³-hybridized carbons (Fsp3) is 0.350. The first kappa shape index (κ1) is 19.4. The molecule has 0 bridgehead atoms. The maximum absolute atomic E-state index is 13.3. The number of nitrogens with one attached hydrogen (secondary N) is 1. The third-order valence-corrected chi connectivity index (χ3v) is 6.32. The minimum atomic E-state index is -2.72. The summed E-state index contributed by atoms with van der Waals surface area (Å²) in [5, 5.41) is 12.8. The van der Waals surface area contributed by atoms with Crippen LogP contribution >= 0.6 is 11.6 Å². The first-order valence-electron chi connectivity index (χ1n) is 10.1. The van der Waals surface area contributed by atoms with E-state index in [9.17, 15) is 13.6 Å². The van der Waals surface area contributed by atoms with E-state index in [0.29, 0.717) is 34.9 Å². The average molecular weight is 460 g/mol. The number of fused-ring (bicyclic) bond motifs is 2. The molecule has 1 aliphatic carbocycles. The molecule has 1 fully saturated rings. The third-order valence-electron chi connectivity index (χ3n) is 6.00. The summed E-state index contributed by atoms with van der Waals surface area (Å²) < 4.78 is 33.6. The lowest BCUT2D eigenvalue weighted by atomic mass is 9.81. The zero-order valence-electron chi connectivity index (χ0n) is 16.5. The van der Waals surface area contributed by atoms with Crippen LogP contribution in [-0.4, -0.2) is 53.1 Å². The number of imidazole rings is 1. The minimum Gasteiger partial charge on any atom is -0.417 e. The third kappa shape index (κ3) is 2.99. The normalized spacial score (nSPS) is 20.3. The number of hydrogen-bond donors (Lipinski definition) is 1. The summed E-state index contributed by atoms with van der Waals surface area (Å²) in [6, 6.07) is 4.75. The highest BCUT2D eigenvalue weighted by molar-refractivity contribution is 6.33. The summed E-state index contributed by atoms with van der Waals surface area (Å²) in [5.41, 5.74) is 2.86. The number of hydrogen-bond acceptors (Lipinski definition) is 6. The molecule has 4 aromatic heterocycles. The van der Waals surface area contributed by atoms with Gasteiger partial charge in [-0.3, -0.25) is 4.79 Å². The Morgan fingerprint density at radius 3 is 2.94 bits per heavy atom. The number of carbonyl (C=O) groups is 1. The number of halogens is 3. The van der Waals surface area contributed by atoms with Gasteiger partial charge >= 0.3 is 11.8 Å². The Balaban J connectivity index is 1.36. The molecular formula is C20H16ClF2N7O2. The molecule has 12 heteroatoms. The van der Waals surface area contributed by atoms with Crippen LogP contribution in [0.3, 0.4) is 0 Å². The largest absolute Gasteiger partial charge is 0.417 e. The van der Waals surface area contributed by atoms with Gasteiger partial charge in [0, 0.05) is 43.6 Å². The SMILES string of the molecule is O=C(c1nnc(C2CC(F)(F)C2)o1)N1CCc2[nH]cnc2[C@H]1c1cc2c(Cl)cccn2n1. The van der Waals surface area contributed by atoms with Gasteiger partial charge in [-0.2, -0.15) is 5.10 Å². The molecule has 4 aromatic rings. The number of carbonyl (C=O) groups excluding carboxylic acids is 1. The van der Waals surface area contributed by atoms with Crippen molar-refractivity contribution in [2.24, 2.45) is 0 Å². The highest BCUT2D eigenvalue weighted by atomic mass is 35.5. The van der Waals surface area contributed by atoms with E-state index in [-0.39, 0.29) is 24.6 Å². The zero-order chi connectivity index (χ0) is 22.0. The maximum Gasteiger partial charge on any atom is 0.312 e. The van der Waals surface area contributed by atoms with E-state index in [2.05, 4.69) is 25.3 Å². The fourth-order valence-electron chi connectivity index (χ4n) is 4.37. The summed E-state index contributed by atoms with van der Waals surface area (Å²) in [5.74, 6) is -3.93. The van der Waals surface area contributed by atoms with Crippen LogP contribution in [-0.2, 0) is 6.42 Å². The second-order valence-electron chi connectivity index (χ2n) is 8.08. The first-order chi connectivity index (χ1) is 15.4. The summed E-state index contributed by atoms with van der Waals surface area (Å²) in [6.45, 7) is 0.361. The monoisotopic (exact) mass is 459 g/mol. The van der Waals surface area contributed by atoms with Crippen LogP contribution in [0.25, 0.3) is 5.52 Å². The van der Waals surface area contributed by atoms with Crippen molar-refractivity contribution < 1.29 is 18.0 Å². The second-order valence-corrected chi connectivity index (χ2v) is 8.49. The molecule has 1 atom stereocenters. The van der Waals surface area contributed by atoms with E-state index in [1.165, 1.54) is 0 Å². The maximum atomic E-state index is 13.3. The topological polar surface area (TPSA) is 105 Å². The molecule has 0 radical (unpaired) electrons. The quantitative estimate of drug-likeness (QED) is 0.503. The van der Waals surface area contributed by atoms with Crippen molar-refractivity contribution in [2.75, 3.05) is 6.54 Å². The van der Waals surface area contributed by atoms with E-state index >= 15 is 0 Å². The minimum absolute atomic E-state index is 0.0628.